The number of aromatic nitrogens is 4. The minimum absolute atomic E-state index is 0.251. The molecule has 6 nitrogen and oxygen atoms in total. The molecule has 4 aromatic rings. The smallest absolute Gasteiger partial charge is 0.118 e. The highest BCUT2D eigenvalue weighted by molar-refractivity contribution is 5.94. The normalized spacial score (nSPS) is 16.0. The Morgan fingerprint density at radius 1 is 1.11 bits per heavy atom. The van der Waals surface area contributed by atoms with E-state index in [-0.39, 0.29) is 6.04 Å². The van der Waals surface area contributed by atoms with E-state index in [1.165, 1.54) is 11.1 Å². The van der Waals surface area contributed by atoms with E-state index in [1.54, 1.807) is 6.20 Å². The second-order valence-corrected chi connectivity index (χ2v) is 6.92. The number of aromatic amines is 2. The number of hydrogen-bond donors (Lipinski definition) is 3. The molecule has 0 amide bonds. The summed E-state index contributed by atoms with van der Waals surface area (Å²) in [5.41, 5.74) is 7.12. The van der Waals surface area contributed by atoms with Gasteiger partial charge in [-0.2, -0.15) is 15.5 Å². The third-order valence-corrected chi connectivity index (χ3v) is 5.25. The average Bonchev–Trinajstić information content (AvgIpc) is 3.37. The SMILES string of the molecule is N#Cc1ccc2c(c1)CCCC2Nc1ccc2[nH]nc(-c3ccn[nH]3)c2c1. The number of nitrogens with one attached hydrogen (secondary N) is 3. The number of rotatable bonds is 3. The Kier molecular flexibility index (Phi) is 3.65. The number of nitrogens with zero attached hydrogens (tertiary/aromatic N) is 3. The van der Waals surface area contributed by atoms with Gasteiger partial charge in [-0.1, -0.05) is 6.07 Å². The van der Waals surface area contributed by atoms with E-state index in [4.69, 9.17) is 5.26 Å². The maximum atomic E-state index is 9.14. The van der Waals surface area contributed by atoms with Crippen molar-refractivity contribution in [3.8, 4) is 17.5 Å². The van der Waals surface area contributed by atoms with Crippen LogP contribution in [0.1, 0.15) is 35.6 Å². The molecule has 1 unspecified atom stereocenters. The first-order valence-electron chi connectivity index (χ1n) is 9.09. The molecule has 1 atom stereocenters. The molecule has 3 N–H and O–H groups in total. The number of H-pyrrole nitrogens is 2. The Morgan fingerprint density at radius 2 is 2.07 bits per heavy atom. The summed E-state index contributed by atoms with van der Waals surface area (Å²) in [5.74, 6) is 0. The van der Waals surface area contributed by atoms with Crippen molar-refractivity contribution in [3.05, 3.63) is 65.4 Å². The third-order valence-electron chi connectivity index (χ3n) is 5.25. The fourth-order valence-electron chi connectivity index (χ4n) is 3.93. The number of benzene rings is 2. The molecule has 2 aromatic carbocycles. The Morgan fingerprint density at radius 3 is 2.93 bits per heavy atom. The van der Waals surface area contributed by atoms with Gasteiger partial charge in [0.05, 0.1) is 28.9 Å². The largest absolute Gasteiger partial charge is 0.378 e. The summed E-state index contributed by atoms with van der Waals surface area (Å²) in [7, 11) is 0. The maximum Gasteiger partial charge on any atom is 0.118 e. The van der Waals surface area contributed by atoms with Crippen molar-refractivity contribution in [3.63, 3.8) is 0 Å². The van der Waals surface area contributed by atoms with E-state index in [2.05, 4.69) is 50.0 Å². The molecule has 6 heteroatoms. The first kappa shape index (κ1) is 15.6. The zero-order valence-electron chi connectivity index (χ0n) is 14.7. The second kappa shape index (κ2) is 6.29. The van der Waals surface area contributed by atoms with Crippen LogP contribution in [0.5, 0.6) is 0 Å². The highest BCUT2D eigenvalue weighted by atomic mass is 15.2. The lowest BCUT2D eigenvalue weighted by Crippen LogP contribution is -2.17. The minimum atomic E-state index is 0.251. The van der Waals surface area contributed by atoms with Crippen molar-refractivity contribution in [2.45, 2.75) is 25.3 Å². The first-order chi connectivity index (χ1) is 13.3. The summed E-state index contributed by atoms with van der Waals surface area (Å²) in [4.78, 5) is 0. The van der Waals surface area contributed by atoms with Gasteiger partial charge in [0.25, 0.3) is 0 Å². The molecule has 0 aliphatic heterocycles. The zero-order valence-corrected chi connectivity index (χ0v) is 14.7. The van der Waals surface area contributed by atoms with Gasteiger partial charge in [-0.05, 0) is 66.8 Å². The summed E-state index contributed by atoms with van der Waals surface area (Å²) < 4.78 is 0. The van der Waals surface area contributed by atoms with Crippen LogP contribution in [-0.2, 0) is 6.42 Å². The molecule has 0 saturated carbocycles. The van der Waals surface area contributed by atoms with E-state index < -0.39 is 0 Å². The van der Waals surface area contributed by atoms with Gasteiger partial charge in [0.2, 0.25) is 0 Å². The Hall–Kier alpha value is -3.59. The Bertz CT molecular complexity index is 1150. The van der Waals surface area contributed by atoms with Gasteiger partial charge < -0.3 is 5.32 Å². The van der Waals surface area contributed by atoms with Crippen LogP contribution in [0.3, 0.4) is 0 Å². The average molecular weight is 354 g/mol. The lowest BCUT2D eigenvalue weighted by molar-refractivity contribution is 0.600. The topological polar surface area (TPSA) is 93.2 Å². The molecule has 1 aliphatic rings. The van der Waals surface area contributed by atoms with Crippen LogP contribution in [0.2, 0.25) is 0 Å². The van der Waals surface area contributed by atoms with E-state index in [0.29, 0.717) is 0 Å². The second-order valence-electron chi connectivity index (χ2n) is 6.92. The molecule has 0 fully saturated rings. The number of aryl methyl sites for hydroxylation is 1. The monoisotopic (exact) mass is 354 g/mol. The predicted octanol–water partition coefficient (Wildman–Crippen LogP) is 4.31. The predicted molar refractivity (Wildman–Crippen MR) is 104 cm³/mol. The molecule has 0 radical (unpaired) electrons. The molecule has 2 heterocycles. The third kappa shape index (κ3) is 2.74. The molecular weight excluding hydrogens is 336 g/mol. The number of anilines is 1. The number of nitriles is 1. The lowest BCUT2D eigenvalue weighted by Gasteiger charge is -2.27. The summed E-state index contributed by atoms with van der Waals surface area (Å²) >= 11 is 0. The quantitative estimate of drug-likeness (QED) is 0.511. The fraction of sp³-hybridized carbons (Fsp3) is 0.190. The van der Waals surface area contributed by atoms with Crippen LogP contribution in [0.25, 0.3) is 22.3 Å². The van der Waals surface area contributed by atoms with Gasteiger partial charge in [-0.25, -0.2) is 0 Å². The molecule has 5 rings (SSSR count). The highest BCUT2D eigenvalue weighted by Gasteiger charge is 2.21. The maximum absolute atomic E-state index is 9.14. The van der Waals surface area contributed by atoms with E-state index in [0.717, 1.165) is 52.8 Å². The molecule has 132 valence electrons. The molecule has 0 bridgehead atoms. The van der Waals surface area contributed by atoms with E-state index in [9.17, 15) is 0 Å². The van der Waals surface area contributed by atoms with Crippen LogP contribution >= 0.6 is 0 Å². The van der Waals surface area contributed by atoms with Crippen molar-refractivity contribution in [1.82, 2.24) is 20.4 Å². The number of fused-ring (bicyclic) bond motifs is 2. The summed E-state index contributed by atoms with van der Waals surface area (Å²) in [6, 6.07) is 16.7. The Labute approximate surface area is 156 Å². The van der Waals surface area contributed by atoms with E-state index in [1.807, 2.05) is 24.3 Å². The molecule has 0 spiro atoms. The lowest BCUT2D eigenvalue weighted by atomic mass is 9.86. The van der Waals surface area contributed by atoms with Crippen LogP contribution in [-0.4, -0.2) is 20.4 Å². The molecular formula is C21H18N6. The van der Waals surface area contributed by atoms with Gasteiger partial charge in [-0.15, -0.1) is 0 Å². The van der Waals surface area contributed by atoms with Crippen molar-refractivity contribution >= 4 is 16.6 Å². The standard InChI is InChI=1S/C21H18N6/c22-12-13-4-6-16-14(10-13)2-1-3-18(16)24-15-5-7-19-17(11-15)21(27-26-19)20-8-9-23-25-20/h4-11,18,24H,1-3H2,(H,23,25)(H,26,27). The zero-order chi connectivity index (χ0) is 18.2. The Balaban J connectivity index is 1.49. The molecule has 1 aliphatic carbocycles. The van der Waals surface area contributed by atoms with E-state index >= 15 is 0 Å². The minimum Gasteiger partial charge on any atom is -0.378 e. The molecule has 2 aromatic heterocycles. The summed E-state index contributed by atoms with van der Waals surface area (Å²) in [6.45, 7) is 0. The highest BCUT2D eigenvalue weighted by Crippen LogP contribution is 2.34. The van der Waals surface area contributed by atoms with Crippen LogP contribution in [0, 0.1) is 11.3 Å². The summed E-state index contributed by atoms with van der Waals surface area (Å²) in [5, 5.41) is 28.4. The van der Waals surface area contributed by atoms with Crippen molar-refractivity contribution < 1.29 is 0 Å². The van der Waals surface area contributed by atoms with Gasteiger partial charge >= 0.3 is 0 Å². The molecule has 0 saturated heterocycles. The van der Waals surface area contributed by atoms with Crippen molar-refractivity contribution in [2.24, 2.45) is 0 Å². The van der Waals surface area contributed by atoms with Crippen LogP contribution in [0.15, 0.2) is 48.7 Å². The van der Waals surface area contributed by atoms with Gasteiger partial charge in [0, 0.05) is 17.3 Å². The number of hydrogen-bond acceptors (Lipinski definition) is 4. The van der Waals surface area contributed by atoms with Crippen LogP contribution in [0.4, 0.5) is 5.69 Å². The first-order valence-corrected chi connectivity index (χ1v) is 9.09. The fourth-order valence-corrected chi connectivity index (χ4v) is 3.93. The van der Waals surface area contributed by atoms with Crippen molar-refractivity contribution in [2.75, 3.05) is 5.32 Å². The van der Waals surface area contributed by atoms with Crippen LogP contribution < -0.4 is 5.32 Å². The van der Waals surface area contributed by atoms with Crippen molar-refractivity contribution in [1.29, 1.82) is 5.26 Å². The molecule has 27 heavy (non-hydrogen) atoms. The summed E-state index contributed by atoms with van der Waals surface area (Å²) in [6.07, 6.45) is 4.96. The van der Waals surface area contributed by atoms with Gasteiger partial charge in [-0.3, -0.25) is 10.2 Å². The van der Waals surface area contributed by atoms with Gasteiger partial charge in [0.1, 0.15) is 5.69 Å². The van der Waals surface area contributed by atoms with Gasteiger partial charge in [0.15, 0.2) is 0 Å².